The molecule has 0 aliphatic carbocycles. The van der Waals surface area contributed by atoms with Crippen molar-refractivity contribution in [3.05, 3.63) is 52.9 Å². The summed E-state index contributed by atoms with van der Waals surface area (Å²) < 4.78 is 6.14. The molecular weight excluding hydrogens is 329 g/mol. The number of benzene rings is 1. The first-order valence-electron chi connectivity index (χ1n) is 5.52. The first-order valence-corrected chi connectivity index (χ1v) is 7.04. The second-order valence-corrected chi connectivity index (χ2v) is 4.56. The number of aromatic nitrogens is 1. The number of aliphatic hydroxyl groups is 1. The van der Waals surface area contributed by atoms with Gasteiger partial charge in [0.25, 0.3) is 0 Å². The topological polar surface area (TPSA) is 46.3 Å². The monoisotopic (exact) mass is 343 g/mol. The van der Waals surface area contributed by atoms with Gasteiger partial charge in [-0.05, 0) is 5.56 Å². The SMILES string of the molecule is OCCc1onc(Cc2ccccc2)c1CI. The van der Waals surface area contributed by atoms with Gasteiger partial charge in [-0.1, -0.05) is 58.1 Å². The molecule has 17 heavy (non-hydrogen) atoms. The van der Waals surface area contributed by atoms with Crippen LogP contribution in [-0.2, 0) is 17.3 Å². The van der Waals surface area contributed by atoms with Crippen molar-refractivity contribution >= 4 is 22.6 Å². The standard InChI is InChI=1S/C13H14INO2/c14-9-11-12(15-17-13(11)6-7-16)8-10-4-2-1-3-5-10/h1-5,16H,6-9H2. The third-order valence-corrected chi connectivity index (χ3v) is 3.40. The molecule has 0 unspecified atom stereocenters. The van der Waals surface area contributed by atoms with Crippen LogP contribution in [0.4, 0.5) is 0 Å². The van der Waals surface area contributed by atoms with Crippen LogP contribution in [0.3, 0.4) is 0 Å². The summed E-state index contributed by atoms with van der Waals surface area (Å²) in [6, 6.07) is 10.2. The molecule has 0 spiro atoms. The van der Waals surface area contributed by atoms with Gasteiger partial charge < -0.3 is 9.63 Å². The average Bonchev–Trinajstić information content (AvgIpc) is 2.73. The molecular formula is C13H14INO2. The van der Waals surface area contributed by atoms with Gasteiger partial charge in [0.1, 0.15) is 5.76 Å². The number of hydrogen-bond donors (Lipinski definition) is 1. The average molecular weight is 343 g/mol. The van der Waals surface area contributed by atoms with E-state index in [1.54, 1.807) is 0 Å². The first-order chi connectivity index (χ1) is 8.35. The summed E-state index contributed by atoms with van der Waals surface area (Å²) in [7, 11) is 0. The van der Waals surface area contributed by atoms with Crippen LogP contribution in [0.2, 0.25) is 0 Å². The molecule has 1 N–H and O–H groups in total. The number of rotatable bonds is 5. The molecule has 0 bridgehead atoms. The van der Waals surface area contributed by atoms with Crippen molar-refractivity contribution in [1.29, 1.82) is 0 Å². The molecule has 1 aromatic carbocycles. The first kappa shape index (κ1) is 12.6. The molecule has 0 amide bonds. The molecule has 1 heterocycles. The van der Waals surface area contributed by atoms with Gasteiger partial charge in [0.15, 0.2) is 0 Å². The lowest BCUT2D eigenvalue weighted by molar-refractivity contribution is 0.276. The largest absolute Gasteiger partial charge is 0.396 e. The summed E-state index contributed by atoms with van der Waals surface area (Å²) in [5.74, 6) is 0.813. The smallest absolute Gasteiger partial charge is 0.143 e. The van der Waals surface area contributed by atoms with Crippen LogP contribution in [-0.4, -0.2) is 16.9 Å². The van der Waals surface area contributed by atoms with Crippen molar-refractivity contribution in [3.8, 4) is 0 Å². The lowest BCUT2D eigenvalue weighted by atomic mass is 10.1. The highest BCUT2D eigenvalue weighted by Crippen LogP contribution is 2.21. The summed E-state index contributed by atoms with van der Waals surface area (Å²) in [6.45, 7) is 0.101. The zero-order valence-corrected chi connectivity index (χ0v) is 11.6. The summed E-state index contributed by atoms with van der Waals surface area (Å²) in [5, 5.41) is 13.1. The minimum absolute atomic E-state index is 0.101. The molecule has 0 atom stereocenters. The highest BCUT2D eigenvalue weighted by Gasteiger charge is 2.14. The van der Waals surface area contributed by atoms with Gasteiger partial charge >= 0.3 is 0 Å². The predicted molar refractivity (Wildman–Crippen MR) is 74.3 cm³/mol. The molecule has 0 fully saturated rings. The van der Waals surface area contributed by atoms with Gasteiger partial charge in [-0.25, -0.2) is 0 Å². The minimum Gasteiger partial charge on any atom is -0.396 e. The molecule has 4 heteroatoms. The van der Waals surface area contributed by atoms with E-state index in [1.165, 1.54) is 5.56 Å². The van der Waals surface area contributed by atoms with Crippen molar-refractivity contribution in [1.82, 2.24) is 5.16 Å². The number of aliphatic hydroxyl groups excluding tert-OH is 1. The molecule has 0 aliphatic rings. The van der Waals surface area contributed by atoms with Gasteiger partial charge in [-0.3, -0.25) is 0 Å². The Bertz CT molecular complexity index is 468. The lowest BCUT2D eigenvalue weighted by Gasteiger charge is -2.00. The predicted octanol–water partition coefficient (Wildman–Crippen LogP) is 2.74. The van der Waals surface area contributed by atoms with Crippen LogP contribution in [0.5, 0.6) is 0 Å². The number of hydrogen-bond acceptors (Lipinski definition) is 3. The normalized spacial score (nSPS) is 10.7. The van der Waals surface area contributed by atoms with Crippen molar-refractivity contribution in [3.63, 3.8) is 0 Å². The highest BCUT2D eigenvalue weighted by atomic mass is 127. The maximum absolute atomic E-state index is 8.95. The van der Waals surface area contributed by atoms with Gasteiger partial charge in [-0.15, -0.1) is 0 Å². The van der Waals surface area contributed by atoms with Crippen LogP contribution in [0.25, 0.3) is 0 Å². The van der Waals surface area contributed by atoms with E-state index in [0.717, 1.165) is 27.9 Å². The van der Waals surface area contributed by atoms with Crippen LogP contribution in [0.15, 0.2) is 34.9 Å². The van der Waals surface area contributed by atoms with E-state index in [2.05, 4.69) is 39.9 Å². The van der Waals surface area contributed by atoms with Gasteiger partial charge in [-0.2, -0.15) is 0 Å². The van der Waals surface area contributed by atoms with Crippen LogP contribution < -0.4 is 0 Å². The van der Waals surface area contributed by atoms with E-state index in [9.17, 15) is 0 Å². The van der Waals surface area contributed by atoms with E-state index in [1.807, 2.05) is 18.2 Å². The van der Waals surface area contributed by atoms with Crippen molar-refractivity contribution in [2.75, 3.05) is 6.61 Å². The second-order valence-electron chi connectivity index (χ2n) is 3.80. The Hall–Kier alpha value is -0.880. The van der Waals surface area contributed by atoms with Crippen LogP contribution >= 0.6 is 22.6 Å². The molecule has 0 radical (unpaired) electrons. The number of alkyl halides is 1. The van der Waals surface area contributed by atoms with Gasteiger partial charge in [0.05, 0.1) is 12.3 Å². The van der Waals surface area contributed by atoms with Gasteiger partial charge in [0, 0.05) is 22.8 Å². The fraction of sp³-hybridized carbons (Fsp3) is 0.308. The van der Waals surface area contributed by atoms with Crippen molar-refractivity contribution < 1.29 is 9.63 Å². The van der Waals surface area contributed by atoms with Crippen LogP contribution in [0, 0.1) is 0 Å². The van der Waals surface area contributed by atoms with Crippen molar-refractivity contribution in [2.45, 2.75) is 17.3 Å². The molecule has 0 saturated carbocycles. The Morgan fingerprint density at radius 2 is 2.00 bits per heavy atom. The molecule has 2 aromatic rings. The quantitative estimate of drug-likeness (QED) is 0.671. The second kappa shape index (κ2) is 6.16. The molecule has 3 nitrogen and oxygen atoms in total. The fourth-order valence-corrected chi connectivity index (χ4v) is 2.62. The minimum atomic E-state index is 0.101. The van der Waals surface area contributed by atoms with E-state index < -0.39 is 0 Å². The Labute approximate surface area is 114 Å². The van der Waals surface area contributed by atoms with E-state index in [-0.39, 0.29) is 6.61 Å². The molecule has 2 rings (SSSR count). The number of nitrogens with zero attached hydrogens (tertiary/aromatic N) is 1. The van der Waals surface area contributed by atoms with Gasteiger partial charge in [0.2, 0.25) is 0 Å². The maximum Gasteiger partial charge on any atom is 0.143 e. The Morgan fingerprint density at radius 1 is 1.24 bits per heavy atom. The Balaban J connectivity index is 2.21. The van der Waals surface area contributed by atoms with Crippen molar-refractivity contribution in [2.24, 2.45) is 0 Å². The fourth-order valence-electron chi connectivity index (χ4n) is 1.76. The van der Waals surface area contributed by atoms with E-state index >= 15 is 0 Å². The maximum atomic E-state index is 8.95. The summed E-state index contributed by atoms with van der Waals surface area (Å²) >= 11 is 2.30. The molecule has 1 aromatic heterocycles. The zero-order chi connectivity index (χ0) is 12.1. The molecule has 90 valence electrons. The third kappa shape index (κ3) is 3.07. The highest BCUT2D eigenvalue weighted by molar-refractivity contribution is 14.1. The Morgan fingerprint density at radius 3 is 2.65 bits per heavy atom. The Kier molecular flexibility index (Phi) is 4.56. The molecule has 0 saturated heterocycles. The van der Waals surface area contributed by atoms with E-state index in [4.69, 9.17) is 9.63 Å². The molecule has 0 aliphatic heterocycles. The van der Waals surface area contributed by atoms with Crippen LogP contribution in [0.1, 0.15) is 22.6 Å². The summed E-state index contributed by atoms with van der Waals surface area (Å²) in [5.41, 5.74) is 3.33. The number of halogens is 1. The zero-order valence-electron chi connectivity index (χ0n) is 9.40. The van der Waals surface area contributed by atoms with E-state index in [0.29, 0.717) is 6.42 Å². The summed E-state index contributed by atoms with van der Waals surface area (Å²) in [6.07, 6.45) is 1.33. The summed E-state index contributed by atoms with van der Waals surface area (Å²) in [4.78, 5) is 0. The third-order valence-electron chi connectivity index (χ3n) is 2.64. The lowest BCUT2D eigenvalue weighted by Crippen LogP contribution is -1.96.